The van der Waals surface area contributed by atoms with Crippen molar-refractivity contribution in [1.82, 2.24) is 14.4 Å². The Balaban J connectivity index is 1.60. The number of fused-ring (bicyclic) bond motifs is 1. The number of nitrogens with two attached hydrogens (primary N) is 1. The third-order valence-corrected chi connectivity index (χ3v) is 8.11. The van der Waals surface area contributed by atoms with Gasteiger partial charge in [0.05, 0.1) is 6.54 Å². The Morgan fingerprint density at radius 3 is 2.04 bits per heavy atom. The highest BCUT2D eigenvalue weighted by molar-refractivity contribution is 6.30. The zero-order valence-electron chi connectivity index (χ0n) is 24.6. The first-order chi connectivity index (χ1) is 21.9. The Morgan fingerprint density at radius 2 is 1.43 bits per heavy atom. The maximum absolute atomic E-state index is 14.3. The summed E-state index contributed by atoms with van der Waals surface area (Å²) in [4.78, 5) is 61.2. The van der Waals surface area contributed by atoms with E-state index in [0.29, 0.717) is 59.8 Å². The van der Waals surface area contributed by atoms with Gasteiger partial charge in [-0.15, -0.1) is 0 Å². The Morgan fingerprint density at radius 1 is 0.848 bits per heavy atom. The van der Waals surface area contributed by atoms with Crippen LogP contribution >= 0.6 is 11.6 Å². The van der Waals surface area contributed by atoms with Crippen molar-refractivity contribution in [3.05, 3.63) is 112 Å². The predicted molar refractivity (Wildman–Crippen MR) is 164 cm³/mol. The highest BCUT2D eigenvalue weighted by Gasteiger charge is 2.55. The van der Waals surface area contributed by atoms with Crippen molar-refractivity contribution in [2.75, 3.05) is 26.2 Å². The van der Waals surface area contributed by atoms with Gasteiger partial charge in [0.2, 0.25) is 0 Å². The van der Waals surface area contributed by atoms with Crippen LogP contribution < -0.4 is 10.4 Å². The third-order valence-electron chi connectivity index (χ3n) is 7.86. The van der Waals surface area contributed by atoms with E-state index in [2.05, 4.69) is 0 Å². The molecule has 0 fully saturated rings. The van der Waals surface area contributed by atoms with Crippen LogP contribution in [0.5, 0.6) is 0 Å². The molecule has 0 saturated heterocycles. The number of carbonyl (C=O) groups is 4. The molecule has 0 spiro atoms. The molecule has 240 valence electrons. The molecule has 0 bridgehead atoms. The summed E-state index contributed by atoms with van der Waals surface area (Å²) in [6.07, 6.45) is -0.701. The molecule has 2 heterocycles. The minimum atomic E-state index is -5.42. The van der Waals surface area contributed by atoms with Crippen LogP contribution in [0, 0.1) is 0 Å². The molecule has 1 unspecified atom stereocenters. The lowest BCUT2D eigenvalue weighted by Crippen LogP contribution is -2.58. The quantitative estimate of drug-likeness (QED) is 0.272. The fraction of sp³-hybridized carbons (Fsp3) is 0.273. The second-order valence-corrected chi connectivity index (χ2v) is 11.5. The van der Waals surface area contributed by atoms with E-state index in [0.717, 1.165) is 0 Å². The topological polar surface area (TPSA) is 110 Å². The lowest BCUT2D eigenvalue weighted by molar-refractivity contribution is -0.235. The van der Waals surface area contributed by atoms with Crippen molar-refractivity contribution < 1.29 is 37.2 Å². The predicted octanol–water partition coefficient (Wildman–Crippen LogP) is 4.95. The van der Waals surface area contributed by atoms with Crippen LogP contribution in [0.3, 0.4) is 0 Å². The van der Waals surface area contributed by atoms with Crippen LogP contribution in [0.4, 0.5) is 18.9 Å². The fourth-order valence-corrected chi connectivity index (χ4v) is 5.59. The second kappa shape index (κ2) is 13.5. The largest absolute Gasteiger partial charge is 0.497 e. The Kier molecular flexibility index (Phi) is 9.61. The van der Waals surface area contributed by atoms with Crippen molar-refractivity contribution in [3.8, 4) is 0 Å². The van der Waals surface area contributed by atoms with Gasteiger partial charge in [-0.25, -0.2) is 9.59 Å². The molecule has 2 N–H and O–H groups in total. The number of hydrogen-bond acceptors (Lipinski definition) is 6. The van der Waals surface area contributed by atoms with E-state index in [1.165, 1.54) is 59.5 Å². The summed E-state index contributed by atoms with van der Waals surface area (Å²) in [6.45, 7) is -0.0930. The average Bonchev–Trinajstić information content (AvgIpc) is 3.55. The van der Waals surface area contributed by atoms with Crippen molar-refractivity contribution in [3.63, 3.8) is 0 Å². The van der Waals surface area contributed by atoms with Crippen LogP contribution in [0.1, 0.15) is 43.8 Å². The Hall–Kier alpha value is -4.52. The number of hydrogen-bond donors (Lipinski definition) is 1. The molecule has 3 amide bonds. The van der Waals surface area contributed by atoms with Gasteiger partial charge in [0, 0.05) is 46.4 Å². The maximum Gasteiger partial charge on any atom is 0.497 e. The van der Waals surface area contributed by atoms with Gasteiger partial charge >= 0.3 is 18.1 Å². The summed E-state index contributed by atoms with van der Waals surface area (Å²) in [6, 6.07) is 16.9. The molecule has 0 aromatic heterocycles. The highest BCUT2D eigenvalue weighted by Crippen LogP contribution is 2.38. The third kappa shape index (κ3) is 6.99. The minimum absolute atomic E-state index is 0.00757. The number of alkyl halides is 3. The molecular weight excluding hydrogens is 625 g/mol. The number of rotatable bonds is 8. The zero-order valence-corrected chi connectivity index (χ0v) is 25.4. The lowest BCUT2D eigenvalue weighted by Gasteiger charge is -2.32. The number of nitrogens with zero attached hydrogens (tertiary/aromatic N) is 3. The van der Waals surface area contributed by atoms with E-state index in [1.807, 2.05) is 12.2 Å². The normalized spacial score (nSPS) is 17.9. The first kappa shape index (κ1) is 32.9. The number of carbonyl (C=O) groups excluding carboxylic acids is 4. The SMILES string of the molecule is NCCCc1ccc2c(c1)[N+](Cc1ccc(C(=O)N3CC=CC3)cc1)(OC(=O)C(F)(F)F)C(=O)CN(C(=O)c1ccc(Cl)cc1)C2. The maximum atomic E-state index is 14.3. The van der Waals surface area contributed by atoms with Crippen LogP contribution in [-0.4, -0.2) is 65.8 Å². The Labute approximate surface area is 268 Å². The van der Waals surface area contributed by atoms with Gasteiger partial charge in [-0.05, 0) is 66.0 Å². The second-order valence-electron chi connectivity index (χ2n) is 11.1. The molecular formula is C33H31ClF3N4O5+. The van der Waals surface area contributed by atoms with Gasteiger partial charge in [0.15, 0.2) is 12.2 Å². The van der Waals surface area contributed by atoms with Gasteiger partial charge in [0.1, 0.15) is 6.54 Å². The van der Waals surface area contributed by atoms with E-state index >= 15 is 0 Å². The van der Waals surface area contributed by atoms with Crippen LogP contribution in [0.25, 0.3) is 0 Å². The molecule has 9 nitrogen and oxygen atoms in total. The standard InChI is InChI=1S/C33H31ClF3N4O5/c34-27-13-11-25(12-14-27)31(44)40-19-26-10-5-22(4-3-15-38)18-28(26)41(29(42)20-40,46-32(45)33(35,36)37)21-23-6-8-24(9-7-23)30(43)39-16-1-2-17-39/h1-2,5-14,18H,3-4,15-17,19-21,38H2/q+1. The summed E-state index contributed by atoms with van der Waals surface area (Å²) in [7, 11) is 0. The average molecular weight is 656 g/mol. The van der Waals surface area contributed by atoms with E-state index in [9.17, 15) is 32.3 Å². The molecule has 0 saturated carbocycles. The molecule has 1 atom stereocenters. The monoisotopic (exact) mass is 655 g/mol. The van der Waals surface area contributed by atoms with E-state index in [1.54, 1.807) is 17.0 Å². The summed E-state index contributed by atoms with van der Waals surface area (Å²) in [5.41, 5.74) is 7.51. The van der Waals surface area contributed by atoms with Gasteiger partial charge in [0.25, 0.3) is 11.8 Å². The molecule has 13 heteroatoms. The number of amides is 3. The molecule has 2 aliphatic rings. The lowest BCUT2D eigenvalue weighted by atomic mass is 10.0. The van der Waals surface area contributed by atoms with Crippen molar-refractivity contribution >= 4 is 41.0 Å². The van der Waals surface area contributed by atoms with Crippen LogP contribution in [0.15, 0.2) is 78.9 Å². The number of aryl methyl sites for hydroxylation is 1. The van der Waals surface area contributed by atoms with Gasteiger partial charge in [-0.1, -0.05) is 48.0 Å². The molecule has 2 aliphatic heterocycles. The van der Waals surface area contributed by atoms with Gasteiger partial charge in [-0.3, -0.25) is 14.4 Å². The number of hydroxylamine groups is 2. The van der Waals surface area contributed by atoms with Crippen LogP contribution in [0.2, 0.25) is 5.02 Å². The molecule has 3 aromatic rings. The number of quaternary nitrogens is 1. The van der Waals surface area contributed by atoms with Crippen molar-refractivity contribution in [1.29, 1.82) is 0 Å². The summed E-state index contributed by atoms with van der Waals surface area (Å²) in [5.74, 6) is -4.34. The highest BCUT2D eigenvalue weighted by atomic mass is 35.5. The molecule has 46 heavy (non-hydrogen) atoms. The molecule has 5 rings (SSSR count). The van der Waals surface area contributed by atoms with Gasteiger partial charge in [-0.2, -0.15) is 13.2 Å². The first-order valence-electron chi connectivity index (χ1n) is 14.5. The van der Waals surface area contributed by atoms with E-state index < -0.39 is 41.7 Å². The molecule has 0 radical (unpaired) electrons. The van der Waals surface area contributed by atoms with E-state index in [4.69, 9.17) is 22.2 Å². The van der Waals surface area contributed by atoms with E-state index in [-0.39, 0.29) is 23.7 Å². The Bertz CT molecular complexity index is 1670. The van der Waals surface area contributed by atoms with Crippen molar-refractivity contribution in [2.45, 2.75) is 32.1 Å². The fourth-order valence-electron chi connectivity index (χ4n) is 5.47. The minimum Gasteiger partial charge on any atom is -0.331 e. The first-order valence-corrected chi connectivity index (χ1v) is 14.9. The van der Waals surface area contributed by atoms with Gasteiger partial charge < -0.3 is 15.5 Å². The molecule has 0 aliphatic carbocycles. The number of halogens is 4. The summed E-state index contributed by atoms with van der Waals surface area (Å²) < 4.78 is 39.9. The molecule has 3 aromatic carbocycles. The smallest absolute Gasteiger partial charge is 0.331 e. The zero-order chi connectivity index (χ0) is 33.1. The summed E-state index contributed by atoms with van der Waals surface area (Å²) in [5, 5.41) is 0.387. The van der Waals surface area contributed by atoms with Crippen LogP contribution in [-0.2, 0) is 33.9 Å². The van der Waals surface area contributed by atoms with Crippen molar-refractivity contribution in [2.24, 2.45) is 5.73 Å². The number of benzene rings is 3. The summed E-state index contributed by atoms with van der Waals surface area (Å²) >= 11 is 5.98.